The molecular formula is C23H26N4O3. The summed E-state index contributed by atoms with van der Waals surface area (Å²) in [5, 5.41) is 3.33. The molecule has 2 aromatic heterocycles. The van der Waals surface area contributed by atoms with Crippen LogP contribution in [0.2, 0.25) is 0 Å². The van der Waals surface area contributed by atoms with Crippen LogP contribution in [0.1, 0.15) is 37.3 Å². The number of rotatable bonds is 5. The van der Waals surface area contributed by atoms with Crippen LogP contribution in [0.4, 0.5) is 6.01 Å². The number of benzene rings is 1. The monoisotopic (exact) mass is 406 g/mol. The van der Waals surface area contributed by atoms with Crippen molar-refractivity contribution in [3.63, 3.8) is 0 Å². The highest BCUT2D eigenvalue weighted by Crippen LogP contribution is 2.32. The number of carbonyl (C=O) groups excluding carboxylic acids is 1. The minimum absolute atomic E-state index is 0.0232. The summed E-state index contributed by atoms with van der Waals surface area (Å²) in [6.45, 7) is 2.23. The van der Waals surface area contributed by atoms with Gasteiger partial charge >= 0.3 is 0 Å². The maximum atomic E-state index is 13.4. The fourth-order valence-corrected chi connectivity index (χ4v) is 4.58. The van der Waals surface area contributed by atoms with Crippen LogP contribution in [0.3, 0.4) is 0 Å². The van der Waals surface area contributed by atoms with E-state index in [1.54, 1.807) is 6.20 Å². The number of para-hydroxylation sites is 2. The third kappa shape index (κ3) is 3.77. The Balaban J connectivity index is 1.37. The first kappa shape index (κ1) is 19.1. The van der Waals surface area contributed by atoms with Gasteiger partial charge in [-0.3, -0.25) is 9.78 Å². The van der Waals surface area contributed by atoms with E-state index < -0.39 is 0 Å². The summed E-state index contributed by atoms with van der Waals surface area (Å²) in [5.74, 6) is 0.362. The van der Waals surface area contributed by atoms with Gasteiger partial charge in [0.2, 0.25) is 5.91 Å². The molecule has 2 fully saturated rings. The van der Waals surface area contributed by atoms with Crippen LogP contribution >= 0.6 is 0 Å². The van der Waals surface area contributed by atoms with Crippen LogP contribution in [0.15, 0.2) is 53.2 Å². The molecule has 2 aliphatic heterocycles. The van der Waals surface area contributed by atoms with E-state index in [-0.39, 0.29) is 18.0 Å². The number of amides is 1. The molecule has 30 heavy (non-hydrogen) atoms. The Kier molecular flexibility index (Phi) is 5.36. The van der Waals surface area contributed by atoms with Gasteiger partial charge in [-0.15, -0.1) is 0 Å². The summed E-state index contributed by atoms with van der Waals surface area (Å²) in [6, 6.07) is 11.8. The highest BCUT2D eigenvalue weighted by Gasteiger charge is 2.36. The number of nitrogens with zero attached hydrogens (tertiary/aromatic N) is 3. The molecule has 7 nitrogen and oxygen atoms in total. The first-order chi connectivity index (χ1) is 14.8. The van der Waals surface area contributed by atoms with Crippen molar-refractivity contribution in [2.45, 2.75) is 37.8 Å². The van der Waals surface area contributed by atoms with Crippen LogP contribution in [0.5, 0.6) is 0 Å². The van der Waals surface area contributed by atoms with Crippen LogP contribution in [-0.4, -0.2) is 41.7 Å². The van der Waals surface area contributed by atoms with Crippen LogP contribution in [-0.2, 0) is 9.53 Å². The highest BCUT2D eigenvalue weighted by atomic mass is 16.5. The number of pyridine rings is 1. The van der Waals surface area contributed by atoms with Crippen molar-refractivity contribution < 1.29 is 13.9 Å². The van der Waals surface area contributed by atoms with Crippen LogP contribution in [0.25, 0.3) is 11.1 Å². The smallest absolute Gasteiger partial charge is 0.299 e. The zero-order chi connectivity index (χ0) is 20.3. The summed E-state index contributed by atoms with van der Waals surface area (Å²) in [4.78, 5) is 24.3. The van der Waals surface area contributed by atoms with Crippen LogP contribution in [0, 0.1) is 5.92 Å². The van der Waals surface area contributed by atoms with Crippen LogP contribution < -0.4 is 10.2 Å². The maximum Gasteiger partial charge on any atom is 0.299 e. The molecular weight excluding hydrogens is 380 g/mol. The number of hydrogen-bond acceptors (Lipinski definition) is 6. The molecule has 0 aliphatic carbocycles. The zero-order valence-corrected chi connectivity index (χ0v) is 16.9. The van der Waals surface area contributed by atoms with Gasteiger partial charge in [0.15, 0.2) is 5.58 Å². The highest BCUT2D eigenvalue weighted by molar-refractivity contribution is 5.86. The third-order valence-corrected chi connectivity index (χ3v) is 6.16. The SMILES string of the molecule is O=C(N[C@H](c1cccnc1)C1CCOCC1)[C@@H]1CCCN1c1nc2ccccc2o1. The molecule has 2 aliphatic rings. The summed E-state index contributed by atoms with van der Waals surface area (Å²) in [5.41, 5.74) is 2.60. The van der Waals surface area contributed by atoms with E-state index in [2.05, 4.69) is 15.3 Å². The average Bonchev–Trinajstić information content (AvgIpc) is 3.45. The minimum Gasteiger partial charge on any atom is -0.423 e. The van der Waals surface area contributed by atoms with Gasteiger partial charge in [-0.25, -0.2) is 0 Å². The second-order valence-corrected chi connectivity index (χ2v) is 8.04. The van der Waals surface area contributed by atoms with E-state index >= 15 is 0 Å². The zero-order valence-electron chi connectivity index (χ0n) is 16.9. The number of aromatic nitrogens is 2. The Bertz CT molecular complexity index is 967. The molecule has 7 heteroatoms. The van der Waals surface area contributed by atoms with E-state index in [0.717, 1.165) is 62.1 Å². The van der Waals surface area contributed by atoms with E-state index in [1.807, 2.05) is 47.5 Å². The van der Waals surface area contributed by atoms with Crippen molar-refractivity contribution >= 4 is 23.0 Å². The fourth-order valence-electron chi connectivity index (χ4n) is 4.58. The normalized spacial score (nSPS) is 21.1. The maximum absolute atomic E-state index is 13.4. The number of hydrogen-bond donors (Lipinski definition) is 1. The number of anilines is 1. The first-order valence-corrected chi connectivity index (χ1v) is 10.7. The lowest BCUT2D eigenvalue weighted by atomic mass is 9.87. The predicted molar refractivity (Wildman–Crippen MR) is 113 cm³/mol. The van der Waals surface area contributed by atoms with E-state index in [1.165, 1.54) is 0 Å². The van der Waals surface area contributed by atoms with Crippen molar-refractivity contribution in [1.82, 2.24) is 15.3 Å². The predicted octanol–water partition coefficient (Wildman–Crippen LogP) is 3.48. The standard InChI is InChI=1S/C23H26N4O3/c28-22(26-21(16-9-13-29-14-10-16)17-5-3-11-24-15-17)19-7-4-12-27(19)23-25-18-6-1-2-8-20(18)30-23/h1-3,5-6,8,11,15-16,19,21H,4,7,9-10,12-14H2,(H,26,28)/t19-,21-/m0/s1. The first-order valence-electron chi connectivity index (χ1n) is 10.7. The van der Waals surface area contributed by atoms with Gasteiger partial charge in [0.1, 0.15) is 11.6 Å². The summed E-state index contributed by atoms with van der Waals surface area (Å²) in [7, 11) is 0. The van der Waals surface area contributed by atoms with Gasteiger partial charge in [-0.2, -0.15) is 4.98 Å². The molecule has 3 aromatic rings. The summed E-state index contributed by atoms with van der Waals surface area (Å²) < 4.78 is 11.5. The minimum atomic E-state index is -0.280. The molecule has 0 radical (unpaired) electrons. The van der Waals surface area contributed by atoms with Crippen molar-refractivity contribution in [2.24, 2.45) is 5.92 Å². The Morgan fingerprint density at radius 3 is 2.80 bits per heavy atom. The molecule has 2 saturated heterocycles. The second kappa shape index (κ2) is 8.44. The number of nitrogens with one attached hydrogen (secondary N) is 1. The van der Waals surface area contributed by atoms with Crippen molar-refractivity contribution in [3.05, 3.63) is 54.4 Å². The molecule has 1 amide bonds. The molecule has 1 N–H and O–H groups in total. The fraction of sp³-hybridized carbons (Fsp3) is 0.435. The van der Waals surface area contributed by atoms with E-state index in [9.17, 15) is 4.79 Å². The van der Waals surface area contributed by atoms with Gasteiger partial charge in [0.05, 0.1) is 6.04 Å². The molecule has 4 heterocycles. The topological polar surface area (TPSA) is 80.5 Å². The number of fused-ring (bicyclic) bond motifs is 1. The Labute approximate surface area is 175 Å². The van der Waals surface area contributed by atoms with Gasteiger partial charge < -0.3 is 19.4 Å². The van der Waals surface area contributed by atoms with Gasteiger partial charge in [0.25, 0.3) is 6.01 Å². The lowest BCUT2D eigenvalue weighted by molar-refractivity contribution is -0.123. The Morgan fingerprint density at radius 1 is 1.13 bits per heavy atom. The average molecular weight is 406 g/mol. The molecule has 0 spiro atoms. The van der Waals surface area contributed by atoms with E-state index in [0.29, 0.717) is 11.9 Å². The molecule has 5 rings (SSSR count). The molecule has 2 atom stereocenters. The number of ether oxygens (including phenoxy) is 1. The number of carbonyl (C=O) groups is 1. The molecule has 0 bridgehead atoms. The Hall–Kier alpha value is -2.93. The van der Waals surface area contributed by atoms with Crippen molar-refractivity contribution in [3.8, 4) is 0 Å². The van der Waals surface area contributed by atoms with E-state index in [4.69, 9.17) is 9.15 Å². The summed E-state index contributed by atoms with van der Waals surface area (Å²) in [6.07, 6.45) is 7.20. The lowest BCUT2D eigenvalue weighted by Gasteiger charge is -2.33. The Morgan fingerprint density at radius 2 is 2.00 bits per heavy atom. The van der Waals surface area contributed by atoms with Gasteiger partial charge in [-0.1, -0.05) is 18.2 Å². The van der Waals surface area contributed by atoms with Gasteiger partial charge in [-0.05, 0) is 55.4 Å². The molecule has 1 aromatic carbocycles. The molecule has 0 saturated carbocycles. The lowest BCUT2D eigenvalue weighted by Crippen LogP contribution is -2.46. The second-order valence-electron chi connectivity index (χ2n) is 8.04. The molecule has 156 valence electrons. The number of oxazole rings is 1. The van der Waals surface area contributed by atoms with Gasteiger partial charge in [0, 0.05) is 32.2 Å². The summed E-state index contributed by atoms with van der Waals surface area (Å²) >= 11 is 0. The molecule has 0 unspecified atom stereocenters. The quantitative estimate of drug-likeness (QED) is 0.699. The largest absolute Gasteiger partial charge is 0.423 e. The van der Waals surface area contributed by atoms with Crippen molar-refractivity contribution in [1.29, 1.82) is 0 Å². The third-order valence-electron chi connectivity index (χ3n) is 6.16. The van der Waals surface area contributed by atoms with Crippen molar-refractivity contribution in [2.75, 3.05) is 24.7 Å².